The van der Waals surface area contributed by atoms with Crippen molar-refractivity contribution in [2.24, 2.45) is 46.3 Å². The number of esters is 2. The lowest BCUT2D eigenvalue weighted by atomic mass is 9.48. The molecule has 0 N–H and O–H groups in total. The van der Waals surface area contributed by atoms with Gasteiger partial charge < -0.3 is 9.47 Å². The first kappa shape index (κ1) is 15.7. The molecule has 0 amide bonds. The van der Waals surface area contributed by atoms with Crippen LogP contribution in [0, 0.1) is 46.3 Å². The second-order valence-electron chi connectivity index (χ2n) is 9.51. The maximum absolute atomic E-state index is 13.5. The van der Waals surface area contributed by atoms with Crippen LogP contribution < -0.4 is 0 Å². The summed E-state index contributed by atoms with van der Waals surface area (Å²) in [7, 11) is 2.74. The lowest BCUT2D eigenvalue weighted by Gasteiger charge is -2.51. The maximum Gasteiger partial charge on any atom is 0.314 e. The maximum atomic E-state index is 13.5. The average molecular weight is 380 g/mol. The quantitative estimate of drug-likeness (QED) is 0.673. The van der Waals surface area contributed by atoms with E-state index in [1.807, 2.05) is 0 Å². The summed E-state index contributed by atoms with van der Waals surface area (Å²) in [6.45, 7) is 0. The highest BCUT2D eigenvalue weighted by molar-refractivity contribution is 6.10. The second-order valence-corrected chi connectivity index (χ2v) is 9.51. The monoisotopic (exact) mass is 380 g/mol. The number of carbonyl (C=O) groups is 4. The molecule has 6 atom stereocenters. The Bertz CT molecular complexity index is 968. The fourth-order valence-corrected chi connectivity index (χ4v) is 9.73. The third-order valence-electron chi connectivity index (χ3n) is 9.59. The molecule has 4 saturated carbocycles. The molecule has 8 bridgehead atoms. The standard InChI is InChI=1S/C22H20O6/c1-27-19(25)21-15-7-3-5-9(23)11(7)17-13(15)14-16(21)8-4-6-10(24)12(8)18(14)22(17,21)20(26)28-2/h13-18H,3-6H2,1-2H3. The Morgan fingerprint density at radius 1 is 0.714 bits per heavy atom. The number of rotatable bonds is 2. The largest absolute Gasteiger partial charge is 0.469 e. The van der Waals surface area contributed by atoms with Gasteiger partial charge in [0.2, 0.25) is 0 Å². The van der Waals surface area contributed by atoms with Crippen LogP contribution in [0.4, 0.5) is 0 Å². The normalized spacial score (nSPS) is 50.4. The predicted molar refractivity (Wildman–Crippen MR) is 92.4 cm³/mol. The summed E-state index contributed by atoms with van der Waals surface area (Å²) in [4.78, 5) is 52.6. The van der Waals surface area contributed by atoms with Gasteiger partial charge in [-0.3, -0.25) is 19.2 Å². The van der Waals surface area contributed by atoms with E-state index < -0.39 is 16.8 Å². The molecule has 8 rings (SSSR count). The summed E-state index contributed by atoms with van der Waals surface area (Å²) in [6, 6.07) is 0. The highest BCUT2D eigenvalue weighted by Gasteiger charge is 2.98. The molecule has 144 valence electrons. The van der Waals surface area contributed by atoms with Crippen LogP contribution in [0.25, 0.3) is 0 Å². The Morgan fingerprint density at radius 3 is 1.50 bits per heavy atom. The molecule has 0 aliphatic heterocycles. The highest BCUT2D eigenvalue weighted by atomic mass is 16.5. The number of ketones is 2. The van der Waals surface area contributed by atoms with Gasteiger partial charge in [-0.2, -0.15) is 0 Å². The Hall–Kier alpha value is -2.24. The van der Waals surface area contributed by atoms with Gasteiger partial charge in [-0.25, -0.2) is 0 Å². The van der Waals surface area contributed by atoms with Crippen LogP contribution in [0.2, 0.25) is 0 Å². The van der Waals surface area contributed by atoms with Crippen LogP contribution in [0.15, 0.2) is 22.3 Å². The number of ether oxygens (including phenoxy) is 2. The number of Topliss-reactive ketones (excluding diaryl/α,β-unsaturated/α-hetero) is 2. The second kappa shape index (κ2) is 4.19. The summed E-state index contributed by atoms with van der Waals surface area (Å²) >= 11 is 0. The molecular weight excluding hydrogens is 360 g/mol. The molecule has 0 saturated heterocycles. The lowest BCUT2D eigenvalue weighted by Crippen LogP contribution is -2.61. The Kier molecular flexibility index (Phi) is 2.34. The van der Waals surface area contributed by atoms with Gasteiger partial charge in [-0.15, -0.1) is 0 Å². The third kappa shape index (κ3) is 1.04. The van der Waals surface area contributed by atoms with Crippen molar-refractivity contribution >= 4 is 23.5 Å². The van der Waals surface area contributed by atoms with Crippen molar-refractivity contribution in [1.29, 1.82) is 0 Å². The van der Waals surface area contributed by atoms with Gasteiger partial charge in [-0.05, 0) is 35.8 Å². The van der Waals surface area contributed by atoms with E-state index >= 15 is 0 Å². The van der Waals surface area contributed by atoms with Crippen LogP contribution in [0.5, 0.6) is 0 Å². The van der Waals surface area contributed by atoms with E-state index in [1.165, 1.54) is 14.2 Å². The first-order chi connectivity index (χ1) is 13.5. The van der Waals surface area contributed by atoms with E-state index in [9.17, 15) is 19.2 Å². The number of hydrogen-bond acceptors (Lipinski definition) is 6. The molecule has 6 nitrogen and oxygen atoms in total. The highest BCUT2D eigenvalue weighted by Crippen LogP contribution is 2.95. The minimum Gasteiger partial charge on any atom is -0.469 e. The topological polar surface area (TPSA) is 86.7 Å². The molecule has 4 fully saturated rings. The number of carbonyl (C=O) groups excluding carboxylic acids is 4. The van der Waals surface area contributed by atoms with Crippen LogP contribution in [-0.2, 0) is 28.7 Å². The van der Waals surface area contributed by atoms with Gasteiger partial charge in [0.25, 0.3) is 0 Å². The fraction of sp³-hybridized carbons (Fsp3) is 0.636. The molecular formula is C22H20O6. The summed E-state index contributed by atoms with van der Waals surface area (Å²) in [5.41, 5.74) is 1.65. The van der Waals surface area contributed by atoms with Gasteiger partial charge in [0.15, 0.2) is 11.6 Å². The molecule has 28 heavy (non-hydrogen) atoms. The van der Waals surface area contributed by atoms with E-state index in [1.54, 1.807) is 0 Å². The van der Waals surface area contributed by atoms with E-state index in [-0.39, 0.29) is 53.0 Å². The van der Waals surface area contributed by atoms with Gasteiger partial charge >= 0.3 is 11.9 Å². The molecule has 0 radical (unpaired) electrons. The zero-order chi connectivity index (χ0) is 19.3. The Labute approximate surface area is 161 Å². The number of hydrogen-bond donors (Lipinski definition) is 0. The molecule has 8 aliphatic rings. The molecule has 8 aliphatic carbocycles. The van der Waals surface area contributed by atoms with Crippen molar-refractivity contribution < 1.29 is 28.7 Å². The smallest absolute Gasteiger partial charge is 0.314 e. The summed E-state index contributed by atoms with van der Waals surface area (Å²) in [5.74, 6) is -1.17. The van der Waals surface area contributed by atoms with Crippen molar-refractivity contribution in [2.75, 3.05) is 14.2 Å². The van der Waals surface area contributed by atoms with Crippen LogP contribution in [-0.4, -0.2) is 37.7 Å². The molecule has 0 heterocycles. The predicted octanol–water partition coefficient (Wildman–Crippen LogP) is 1.39. The molecule has 6 unspecified atom stereocenters. The zero-order valence-corrected chi connectivity index (χ0v) is 15.7. The summed E-state index contributed by atoms with van der Waals surface area (Å²) in [5, 5.41) is 0. The minimum atomic E-state index is -1.14. The van der Waals surface area contributed by atoms with E-state index in [2.05, 4.69) is 0 Å². The first-order valence-corrected chi connectivity index (χ1v) is 10.2. The molecule has 6 heteroatoms. The Morgan fingerprint density at radius 2 is 1.11 bits per heavy atom. The zero-order valence-electron chi connectivity index (χ0n) is 15.7. The van der Waals surface area contributed by atoms with Gasteiger partial charge in [0, 0.05) is 36.5 Å². The summed E-state index contributed by atoms with van der Waals surface area (Å²) in [6.07, 6.45) is 2.31. The van der Waals surface area contributed by atoms with Crippen molar-refractivity contribution in [3.63, 3.8) is 0 Å². The molecule has 0 spiro atoms. The molecule has 0 aromatic rings. The lowest BCUT2D eigenvalue weighted by molar-refractivity contribution is -0.184. The van der Waals surface area contributed by atoms with Crippen molar-refractivity contribution in [2.45, 2.75) is 25.7 Å². The van der Waals surface area contributed by atoms with Gasteiger partial charge in [0.1, 0.15) is 0 Å². The van der Waals surface area contributed by atoms with E-state index in [0.717, 1.165) is 22.3 Å². The van der Waals surface area contributed by atoms with Crippen molar-refractivity contribution in [1.82, 2.24) is 0 Å². The first-order valence-electron chi connectivity index (χ1n) is 10.2. The van der Waals surface area contributed by atoms with Crippen LogP contribution >= 0.6 is 0 Å². The van der Waals surface area contributed by atoms with Crippen LogP contribution in [0.3, 0.4) is 0 Å². The van der Waals surface area contributed by atoms with E-state index in [4.69, 9.17) is 9.47 Å². The SMILES string of the molecule is COC(=O)C12C3C4=C(C(=O)CC4)C4C3C3C1C1=C(C(=O)CC1)C3C42C(=O)OC. The third-order valence-corrected chi connectivity index (χ3v) is 9.59. The van der Waals surface area contributed by atoms with Gasteiger partial charge in [-0.1, -0.05) is 11.1 Å². The fourth-order valence-electron chi connectivity index (χ4n) is 9.73. The summed E-state index contributed by atoms with van der Waals surface area (Å²) < 4.78 is 10.7. The number of methoxy groups -OCH3 is 2. The van der Waals surface area contributed by atoms with Crippen LogP contribution in [0.1, 0.15) is 25.7 Å². The number of allylic oxidation sites excluding steroid dienone is 4. The average Bonchev–Trinajstić information content (AvgIpc) is 3.49. The Balaban J connectivity index is 1.60. The molecule has 0 aromatic carbocycles. The van der Waals surface area contributed by atoms with Crippen molar-refractivity contribution in [3.05, 3.63) is 22.3 Å². The minimum absolute atomic E-state index is 0.0841. The van der Waals surface area contributed by atoms with E-state index in [0.29, 0.717) is 25.7 Å². The van der Waals surface area contributed by atoms with Crippen molar-refractivity contribution in [3.8, 4) is 0 Å². The van der Waals surface area contributed by atoms with Gasteiger partial charge in [0.05, 0.1) is 25.0 Å². The molecule has 0 aromatic heterocycles.